The Morgan fingerprint density at radius 1 is 1.35 bits per heavy atom. The maximum absolute atomic E-state index is 12.5. The number of aromatic nitrogens is 4. The molecule has 9 nitrogen and oxygen atoms in total. The predicted molar refractivity (Wildman–Crippen MR) is 94.9 cm³/mol. The number of carbonyl (C=O) groups is 2. The highest BCUT2D eigenvalue weighted by atomic mass is 32.2. The number of hydrogen-bond donors (Lipinski definition) is 1. The first-order chi connectivity index (χ1) is 12.6. The van der Waals surface area contributed by atoms with Crippen LogP contribution in [0.1, 0.15) is 12.8 Å². The van der Waals surface area contributed by atoms with Crippen molar-refractivity contribution in [2.24, 2.45) is 11.7 Å². The summed E-state index contributed by atoms with van der Waals surface area (Å²) in [5.41, 5.74) is 6.14. The SMILES string of the molecule is COc1ccc(-n2nnnc2SCC(=O)N2CCC[C@H](C(N)=O)C2)cc1. The number of carbonyl (C=O) groups excluding carboxylic acids is 2. The van der Waals surface area contributed by atoms with Gasteiger partial charge in [-0.2, -0.15) is 4.68 Å². The van der Waals surface area contributed by atoms with E-state index >= 15 is 0 Å². The molecular formula is C16H20N6O3S. The Hall–Kier alpha value is -2.62. The second kappa shape index (κ2) is 8.17. The Balaban J connectivity index is 1.62. The highest BCUT2D eigenvalue weighted by Gasteiger charge is 2.27. The zero-order valence-electron chi connectivity index (χ0n) is 14.4. The average Bonchev–Trinajstić information content (AvgIpc) is 3.14. The third-order valence-electron chi connectivity index (χ3n) is 4.26. The summed E-state index contributed by atoms with van der Waals surface area (Å²) in [7, 11) is 1.60. The Morgan fingerprint density at radius 2 is 2.12 bits per heavy atom. The van der Waals surface area contributed by atoms with Gasteiger partial charge in [-0.1, -0.05) is 11.8 Å². The maximum Gasteiger partial charge on any atom is 0.233 e. The molecule has 2 aromatic rings. The van der Waals surface area contributed by atoms with Crippen molar-refractivity contribution in [3.05, 3.63) is 24.3 Å². The van der Waals surface area contributed by atoms with Crippen molar-refractivity contribution in [2.75, 3.05) is 26.0 Å². The van der Waals surface area contributed by atoms with Gasteiger partial charge < -0.3 is 15.4 Å². The second-order valence-corrected chi connectivity index (χ2v) is 6.88. The number of amides is 2. The number of tetrazole rings is 1. The van der Waals surface area contributed by atoms with Crippen molar-refractivity contribution in [3.8, 4) is 11.4 Å². The molecule has 2 heterocycles. The molecule has 1 fully saturated rings. The van der Waals surface area contributed by atoms with Gasteiger partial charge in [0.15, 0.2) is 0 Å². The normalized spacial score (nSPS) is 17.1. The van der Waals surface area contributed by atoms with Crippen LogP contribution in [0.5, 0.6) is 5.75 Å². The molecule has 3 rings (SSSR count). The summed E-state index contributed by atoms with van der Waals surface area (Å²) in [6.45, 7) is 1.03. The lowest BCUT2D eigenvalue weighted by atomic mass is 9.97. The van der Waals surface area contributed by atoms with Crippen LogP contribution >= 0.6 is 11.8 Å². The second-order valence-electron chi connectivity index (χ2n) is 5.94. The molecule has 0 aliphatic carbocycles. The number of primary amides is 1. The van der Waals surface area contributed by atoms with Crippen molar-refractivity contribution in [1.29, 1.82) is 0 Å². The Kier molecular flexibility index (Phi) is 5.71. The molecule has 1 aromatic carbocycles. The molecule has 0 spiro atoms. The number of benzene rings is 1. The van der Waals surface area contributed by atoms with Crippen LogP contribution in [0.15, 0.2) is 29.4 Å². The van der Waals surface area contributed by atoms with Crippen LogP contribution in [0, 0.1) is 5.92 Å². The van der Waals surface area contributed by atoms with E-state index in [1.807, 2.05) is 24.3 Å². The van der Waals surface area contributed by atoms with Crippen LogP contribution in [0.3, 0.4) is 0 Å². The molecule has 0 radical (unpaired) electrons. The third-order valence-corrected chi connectivity index (χ3v) is 5.16. The van der Waals surface area contributed by atoms with Crippen molar-refractivity contribution in [2.45, 2.75) is 18.0 Å². The summed E-state index contributed by atoms with van der Waals surface area (Å²) >= 11 is 1.26. The zero-order chi connectivity index (χ0) is 18.5. The van der Waals surface area contributed by atoms with Gasteiger partial charge in [0.1, 0.15) is 5.75 Å². The van der Waals surface area contributed by atoms with Gasteiger partial charge in [0.05, 0.1) is 24.5 Å². The fraction of sp³-hybridized carbons (Fsp3) is 0.438. The smallest absolute Gasteiger partial charge is 0.233 e. The number of thioether (sulfide) groups is 1. The van der Waals surface area contributed by atoms with E-state index in [4.69, 9.17) is 10.5 Å². The lowest BCUT2D eigenvalue weighted by molar-refractivity contribution is -0.132. The van der Waals surface area contributed by atoms with E-state index in [0.29, 0.717) is 18.2 Å². The van der Waals surface area contributed by atoms with Crippen molar-refractivity contribution in [3.63, 3.8) is 0 Å². The van der Waals surface area contributed by atoms with E-state index in [1.54, 1.807) is 16.7 Å². The number of ether oxygens (including phenoxy) is 1. The van der Waals surface area contributed by atoms with Crippen LogP contribution in [-0.2, 0) is 9.59 Å². The van der Waals surface area contributed by atoms with Gasteiger partial charge in [0, 0.05) is 13.1 Å². The Morgan fingerprint density at radius 3 is 2.81 bits per heavy atom. The average molecular weight is 376 g/mol. The van der Waals surface area contributed by atoms with Gasteiger partial charge in [-0.25, -0.2) is 0 Å². The maximum atomic E-state index is 12.5. The molecule has 2 amide bonds. The highest BCUT2D eigenvalue weighted by Crippen LogP contribution is 2.22. The predicted octanol–water partition coefficient (Wildman–Crippen LogP) is 0.487. The molecule has 0 saturated carbocycles. The van der Waals surface area contributed by atoms with Crippen LogP contribution in [0.25, 0.3) is 5.69 Å². The zero-order valence-corrected chi connectivity index (χ0v) is 15.2. The minimum absolute atomic E-state index is 0.0507. The number of nitrogens with zero attached hydrogens (tertiary/aromatic N) is 5. The molecule has 1 saturated heterocycles. The number of rotatable bonds is 6. The van der Waals surface area contributed by atoms with Crippen molar-refractivity contribution >= 4 is 23.6 Å². The fourth-order valence-corrected chi connectivity index (χ4v) is 3.60. The van der Waals surface area contributed by atoms with Crippen LogP contribution in [0.4, 0.5) is 0 Å². The molecule has 1 atom stereocenters. The molecule has 26 heavy (non-hydrogen) atoms. The molecule has 1 aliphatic rings. The van der Waals surface area contributed by atoms with E-state index in [0.717, 1.165) is 24.3 Å². The number of nitrogens with two attached hydrogens (primary N) is 1. The molecule has 0 unspecified atom stereocenters. The van der Waals surface area contributed by atoms with E-state index in [2.05, 4.69) is 15.5 Å². The van der Waals surface area contributed by atoms with E-state index in [1.165, 1.54) is 11.8 Å². The van der Waals surface area contributed by atoms with E-state index in [-0.39, 0.29) is 23.5 Å². The molecule has 1 aromatic heterocycles. The van der Waals surface area contributed by atoms with Gasteiger partial charge in [-0.3, -0.25) is 9.59 Å². The molecule has 1 aliphatic heterocycles. The molecule has 10 heteroatoms. The van der Waals surface area contributed by atoms with Gasteiger partial charge in [0.25, 0.3) is 0 Å². The van der Waals surface area contributed by atoms with Gasteiger partial charge in [-0.05, 0) is 47.5 Å². The number of methoxy groups -OCH3 is 1. The molecule has 2 N–H and O–H groups in total. The lowest BCUT2D eigenvalue weighted by Crippen LogP contribution is -2.44. The van der Waals surface area contributed by atoms with Gasteiger partial charge in [-0.15, -0.1) is 5.10 Å². The van der Waals surface area contributed by atoms with Crippen LogP contribution in [-0.4, -0.2) is 62.9 Å². The lowest BCUT2D eigenvalue weighted by Gasteiger charge is -2.31. The molecule has 138 valence electrons. The van der Waals surface area contributed by atoms with Crippen LogP contribution in [0.2, 0.25) is 0 Å². The topological polar surface area (TPSA) is 116 Å². The third kappa shape index (κ3) is 4.13. The Labute approximate surface area is 154 Å². The quantitative estimate of drug-likeness (QED) is 0.729. The first kappa shape index (κ1) is 18.2. The summed E-state index contributed by atoms with van der Waals surface area (Å²) in [4.78, 5) is 25.5. The van der Waals surface area contributed by atoms with Crippen molar-refractivity contribution < 1.29 is 14.3 Å². The highest BCUT2D eigenvalue weighted by molar-refractivity contribution is 7.99. The first-order valence-electron chi connectivity index (χ1n) is 8.21. The summed E-state index contributed by atoms with van der Waals surface area (Å²) in [6, 6.07) is 7.30. The van der Waals surface area contributed by atoms with Crippen LogP contribution < -0.4 is 10.5 Å². The monoisotopic (exact) mass is 376 g/mol. The summed E-state index contributed by atoms with van der Waals surface area (Å²) in [6.07, 6.45) is 1.52. The van der Waals surface area contributed by atoms with Gasteiger partial charge >= 0.3 is 0 Å². The number of piperidine rings is 1. The minimum atomic E-state index is -0.349. The van der Waals surface area contributed by atoms with Crippen molar-refractivity contribution in [1.82, 2.24) is 25.1 Å². The number of hydrogen-bond acceptors (Lipinski definition) is 7. The van der Waals surface area contributed by atoms with E-state index < -0.39 is 0 Å². The molecular weight excluding hydrogens is 356 g/mol. The first-order valence-corrected chi connectivity index (χ1v) is 9.19. The number of likely N-dealkylation sites (tertiary alicyclic amines) is 1. The minimum Gasteiger partial charge on any atom is -0.497 e. The fourth-order valence-electron chi connectivity index (χ4n) is 2.81. The summed E-state index contributed by atoms with van der Waals surface area (Å²) < 4.78 is 6.71. The Bertz CT molecular complexity index is 779. The molecule has 0 bridgehead atoms. The van der Waals surface area contributed by atoms with E-state index in [9.17, 15) is 9.59 Å². The standard InChI is InChI=1S/C16H20N6O3S/c1-25-13-6-4-12(5-7-13)22-16(18-19-20-22)26-10-14(23)21-8-2-3-11(9-21)15(17)24/h4-7,11H,2-3,8-10H2,1H3,(H2,17,24)/t11-/m0/s1. The largest absolute Gasteiger partial charge is 0.497 e. The summed E-state index contributed by atoms with van der Waals surface area (Å²) in [5.74, 6) is 0.272. The van der Waals surface area contributed by atoms with Gasteiger partial charge in [0.2, 0.25) is 17.0 Å². The summed E-state index contributed by atoms with van der Waals surface area (Å²) in [5, 5.41) is 12.2.